The molecule has 5 nitrogen and oxygen atoms in total. The van der Waals surface area contributed by atoms with Crippen molar-refractivity contribution < 1.29 is 13.9 Å². The van der Waals surface area contributed by atoms with Crippen LogP contribution in [0.3, 0.4) is 0 Å². The second-order valence-electron chi connectivity index (χ2n) is 5.34. The Bertz CT molecular complexity index is 496. The number of nitrogens with one attached hydrogen (secondary N) is 1. The van der Waals surface area contributed by atoms with Gasteiger partial charge in [-0.05, 0) is 38.1 Å². The highest BCUT2D eigenvalue weighted by molar-refractivity contribution is 5.93. The zero-order chi connectivity index (χ0) is 15.2. The Kier molecular flexibility index (Phi) is 5.52. The fraction of sp³-hybridized carbons (Fsp3) is 0.533. The maximum atomic E-state index is 12.9. The molecule has 0 saturated carbocycles. The molecule has 1 aromatic rings. The summed E-state index contributed by atoms with van der Waals surface area (Å²) in [7, 11) is 0. The van der Waals surface area contributed by atoms with Crippen molar-refractivity contribution in [3.63, 3.8) is 0 Å². The predicted molar refractivity (Wildman–Crippen MR) is 80.5 cm³/mol. The average molecular weight is 295 g/mol. The first-order chi connectivity index (χ1) is 10.1. The summed E-state index contributed by atoms with van der Waals surface area (Å²) in [6.45, 7) is 5.41. The lowest BCUT2D eigenvalue weighted by molar-refractivity contribution is -0.116. The number of carbonyl (C=O) groups is 1. The molecule has 1 aliphatic heterocycles. The Morgan fingerprint density at radius 1 is 1.57 bits per heavy atom. The number of hydrogen-bond donors (Lipinski definition) is 2. The van der Waals surface area contributed by atoms with Gasteiger partial charge in [0.05, 0.1) is 24.6 Å². The second-order valence-corrected chi connectivity index (χ2v) is 5.34. The SMILES string of the molecule is CC1COCCN1CCCC(=O)Nc1ccc(F)cc1N. The van der Waals surface area contributed by atoms with Crippen molar-refractivity contribution in [3.05, 3.63) is 24.0 Å². The summed E-state index contributed by atoms with van der Waals surface area (Å²) in [6.07, 6.45) is 1.19. The molecule has 1 atom stereocenters. The normalized spacial score (nSPS) is 19.4. The Hall–Kier alpha value is -1.66. The maximum Gasteiger partial charge on any atom is 0.224 e. The molecule has 0 aliphatic carbocycles. The van der Waals surface area contributed by atoms with E-state index in [0.717, 1.165) is 32.7 Å². The fourth-order valence-corrected chi connectivity index (χ4v) is 2.40. The molecule has 2 rings (SSSR count). The van der Waals surface area contributed by atoms with Gasteiger partial charge in [-0.3, -0.25) is 9.69 Å². The minimum absolute atomic E-state index is 0.103. The third-order valence-corrected chi connectivity index (χ3v) is 3.64. The first-order valence-corrected chi connectivity index (χ1v) is 7.23. The molecule has 1 aliphatic rings. The van der Waals surface area contributed by atoms with Gasteiger partial charge in [0.25, 0.3) is 0 Å². The van der Waals surface area contributed by atoms with Crippen LogP contribution in [-0.4, -0.2) is 43.2 Å². The Labute approximate surface area is 124 Å². The molecule has 1 amide bonds. The van der Waals surface area contributed by atoms with Gasteiger partial charge in [0, 0.05) is 19.0 Å². The number of ether oxygens (including phenoxy) is 1. The highest BCUT2D eigenvalue weighted by Gasteiger charge is 2.18. The molecular formula is C15H22FN3O2. The zero-order valence-electron chi connectivity index (χ0n) is 12.3. The summed E-state index contributed by atoms with van der Waals surface area (Å²) in [5.74, 6) is -0.513. The van der Waals surface area contributed by atoms with Gasteiger partial charge >= 0.3 is 0 Å². The number of benzene rings is 1. The van der Waals surface area contributed by atoms with Crippen LogP contribution in [0.25, 0.3) is 0 Å². The number of anilines is 2. The molecule has 1 aromatic carbocycles. The Morgan fingerprint density at radius 2 is 2.38 bits per heavy atom. The van der Waals surface area contributed by atoms with Crippen molar-refractivity contribution in [3.8, 4) is 0 Å². The number of rotatable bonds is 5. The number of hydrogen-bond acceptors (Lipinski definition) is 4. The van der Waals surface area contributed by atoms with Gasteiger partial charge in [0.2, 0.25) is 5.91 Å². The summed E-state index contributed by atoms with van der Waals surface area (Å²) in [4.78, 5) is 14.2. The zero-order valence-corrected chi connectivity index (χ0v) is 12.3. The third kappa shape index (κ3) is 4.68. The number of nitrogens with zero attached hydrogens (tertiary/aromatic N) is 1. The number of morpholine rings is 1. The molecule has 0 spiro atoms. The molecule has 0 bridgehead atoms. The molecule has 3 N–H and O–H groups in total. The van der Waals surface area contributed by atoms with Gasteiger partial charge in [-0.15, -0.1) is 0 Å². The van der Waals surface area contributed by atoms with E-state index < -0.39 is 5.82 Å². The minimum atomic E-state index is -0.410. The quantitative estimate of drug-likeness (QED) is 0.814. The van der Waals surface area contributed by atoms with E-state index in [1.165, 1.54) is 18.2 Å². The van der Waals surface area contributed by atoms with Crippen LogP contribution < -0.4 is 11.1 Å². The summed E-state index contributed by atoms with van der Waals surface area (Å²) in [5, 5.41) is 2.71. The average Bonchev–Trinajstić information content (AvgIpc) is 2.44. The van der Waals surface area contributed by atoms with Gasteiger partial charge < -0.3 is 15.8 Å². The van der Waals surface area contributed by atoms with Crippen LogP contribution in [0.2, 0.25) is 0 Å². The lowest BCUT2D eigenvalue weighted by Gasteiger charge is -2.33. The van der Waals surface area contributed by atoms with Gasteiger partial charge in [0.1, 0.15) is 5.82 Å². The molecule has 1 fully saturated rings. The molecule has 116 valence electrons. The fourth-order valence-electron chi connectivity index (χ4n) is 2.40. The van der Waals surface area contributed by atoms with Crippen molar-refractivity contribution in [2.24, 2.45) is 0 Å². The number of halogens is 1. The molecule has 0 aromatic heterocycles. The number of amides is 1. The topological polar surface area (TPSA) is 67.6 Å². The van der Waals surface area contributed by atoms with Crippen LogP contribution in [0, 0.1) is 5.82 Å². The van der Waals surface area contributed by atoms with Crippen molar-refractivity contribution in [2.75, 3.05) is 37.4 Å². The molecule has 1 saturated heterocycles. The van der Waals surface area contributed by atoms with E-state index in [1.807, 2.05) is 0 Å². The minimum Gasteiger partial charge on any atom is -0.397 e. The number of nitrogen functional groups attached to an aromatic ring is 1. The van der Waals surface area contributed by atoms with Gasteiger partial charge in [-0.1, -0.05) is 0 Å². The maximum absolute atomic E-state index is 12.9. The summed E-state index contributed by atoms with van der Waals surface area (Å²) < 4.78 is 18.3. The van der Waals surface area contributed by atoms with Gasteiger partial charge in [-0.2, -0.15) is 0 Å². The molecule has 1 unspecified atom stereocenters. The number of nitrogens with two attached hydrogens (primary N) is 1. The van der Waals surface area contributed by atoms with Gasteiger partial charge in [0.15, 0.2) is 0 Å². The first kappa shape index (κ1) is 15.7. The van der Waals surface area contributed by atoms with Crippen LogP contribution in [0.15, 0.2) is 18.2 Å². The van der Waals surface area contributed by atoms with E-state index in [1.54, 1.807) is 0 Å². The number of carbonyl (C=O) groups excluding carboxylic acids is 1. The molecule has 0 radical (unpaired) electrons. The van der Waals surface area contributed by atoms with Crippen LogP contribution in [-0.2, 0) is 9.53 Å². The lowest BCUT2D eigenvalue weighted by Crippen LogP contribution is -2.44. The molecular weight excluding hydrogens is 273 g/mol. The van der Waals surface area contributed by atoms with Crippen LogP contribution >= 0.6 is 0 Å². The molecule has 1 heterocycles. The van der Waals surface area contributed by atoms with Crippen LogP contribution in [0.4, 0.5) is 15.8 Å². The van der Waals surface area contributed by atoms with E-state index in [-0.39, 0.29) is 11.6 Å². The molecule has 21 heavy (non-hydrogen) atoms. The lowest BCUT2D eigenvalue weighted by atomic mass is 10.2. The van der Waals surface area contributed by atoms with Crippen molar-refractivity contribution in [2.45, 2.75) is 25.8 Å². The predicted octanol–water partition coefficient (Wildman–Crippen LogP) is 1.85. The van der Waals surface area contributed by atoms with E-state index >= 15 is 0 Å². The van der Waals surface area contributed by atoms with E-state index in [4.69, 9.17) is 10.5 Å². The van der Waals surface area contributed by atoms with Gasteiger partial charge in [-0.25, -0.2) is 4.39 Å². The highest BCUT2D eigenvalue weighted by atomic mass is 19.1. The summed E-state index contributed by atoms with van der Waals surface area (Å²) in [6, 6.07) is 4.36. The van der Waals surface area contributed by atoms with Crippen molar-refractivity contribution in [1.29, 1.82) is 0 Å². The third-order valence-electron chi connectivity index (χ3n) is 3.64. The van der Waals surface area contributed by atoms with Crippen LogP contribution in [0.1, 0.15) is 19.8 Å². The standard InChI is InChI=1S/C15H22FN3O2/c1-11-10-21-8-7-19(11)6-2-3-15(20)18-14-5-4-12(16)9-13(14)17/h4-5,9,11H,2-3,6-8,10,17H2,1H3,(H,18,20). The Balaban J connectivity index is 1.74. The van der Waals surface area contributed by atoms with E-state index in [2.05, 4.69) is 17.1 Å². The second kappa shape index (κ2) is 7.38. The first-order valence-electron chi connectivity index (χ1n) is 7.23. The van der Waals surface area contributed by atoms with E-state index in [9.17, 15) is 9.18 Å². The van der Waals surface area contributed by atoms with Crippen LogP contribution in [0.5, 0.6) is 0 Å². The van der Waals surface area contributed by atoms with E-state index in [0.29, 0.717) is 18.2 Å². The molecule has 6 heteroatoms. The summed E-state index contributed by atoms with van der Waals surface area (Å²) in [5.41, 5.74) is 6.36. The summed E-state index contributed by atoms with van der Waals surface area (Å²) >= 11 is 0. The van der Waals surface area contributed by atoms with Crippen molar-refractivity contribution >= 4 is 17.3 Å². The highest BCUT2D eigenvalue weighted by Crippen LogP contribution is 2.19. The van der Waals surface area contributed by atoms with Crippen molar-refractivity contribution in [1.82, 2.24) is 4.90 Å². The monoisotopic (exact) mass is 295 g/mol. The largest absolute Gasteiger partial charge is 0.397 e. The smallest absolute Gasteiger partial charge is 0.224 e. The Morgan fingerprint density at radius 3 is 3.10 bits per heavy atom.